The SMILES string of the molecule is [CH2]C(F)S(=O)(=O)F. The van der Waals surface area contributed by atoms with Crippen molar-refractivity contribution in [1.29, 1.82) is 0 Å². The van der Waals surface area contributed by atoms with Gasteiger partial charge < -0.3 is 0 Å². The van der Waals surface area contributed by atoms with Crippen LogP contribution < -0.4 is 0 Å². The molecular formula is C2H3F2O2S. The Bertz CT molecular complexity index is 136. The highest BCUT2D eigenvalue weighted by Crippen LogP contribution is 2.01. The Labute approximate surface area is 40.4 Å². The summed E-state index contributed by atoms with van der Waals surface area (Å²) in [5.74, 6) is 0. The van der Waals surface area contributed by atoms with Gasteiger partial charge in [0.2, 0.25) is 5.50 Å². The third-order valence-electron chi connectivity index (χ3n) is 0.305. The van der Waals surface area contributed by atoms with Gasteiger partial charge >= 0.3 is 10.2 Å². The van der Waals surface area contributed by atoms with E-state index in [1.54, 1.807) is 0 Å². The van der Waals surface area contributed by atoms with Crippen LogP contribution in [0.3, 0.4) is 0 Å². The van der Waals surface area contributed by atoms with Crippen LogP contribution in [0.1, 0.15) is 0 Å². The van der Waals surface area contributed by atoms with Gasteiger partial charge in [-0.3, -0.25) is 0 Å². The van der Waals surface area contributed by atoms with Crippen LogP contribution in [-0.2, 0) is 10.2 Å². The van der Waals surface area contributed by atoms with Gasteiger partial charge in [-0.05, 0) is 6.92 Å². The molecule has 0 aliphatic heterocycles. The van der Waals surface area contributed by atoms with Crippen molar-refractivity contribution in [3.63, 3.8) is 0 Å². The zero-order chi connectivity index (χ0) is 6.08. The minimum Gasteiger partial charge on any atom is -0.227 e. The highest BCUT2D eigenvalue weighted by atomic mass is 32.3. The summed E-state index contributed by atoms with van der Waals surface area (Å²) in [7, 11) is -5.02. The average molecular weight is 129 g/mol. The molecule has 0 saturated heterocycles. The summed E-state index contributed by atoms with van der Waals surface area (Å²) in [6, 6.07) is 0. The Morgan fingerprint density at radius 1 is 1.57 bits per heavy atom. The lowest BCUT2D eigenvalue weighted by molar-refractivity contribution is 0.446. The fraction of sp³-hybridized carbons (Fsp3) is 0.500. The molecule has 0 aromatic rings. The summed E-state index contributed by atoms with van der Waals surface area (Å²) in [5, 5.41) is 0. The third kappa shape index (κ3) is 2.50. The van der Waals surface area contributed by atoms with Crippen molar-refractivity contribution in [2.75, 3.05) is 0 Å². The fourth-order valence-corrected chi connectivity index (χ4v) is 0. The normalized spacial score (nSPS) is 16.4. The van der Waals surface area contributed by atoms with E-state index < -0.39 is 15.7 Å². The average Bonchev–Trinajstić information content (AvgIpc) is 1.31. The molecule has 0 saturated carbocycles. The van der Waals surface area contributed by atoms with E-state index in [-0.39, 0.29) is 0 Å². The molecule has 0 aromatic carbocycles. The molecule has 7 heavy (non-hydrogen) atoms. The van der Waals surface area contributed by atoms with Crippen molar-refractivity contribution in [1.82, 2.24) is 0 Å². The lowest BCUT2D eigenvalue weighted by atomic mass is 10.9. The van der Waals surface area contributed by atoms with Gasteiger partial charge in [0.15, 0.2) is 0 Å². The van der Waals surface area contributed by atoms with Gasteiger partial charge in [0, 0.05) is 0 Å². The second kappa shape index (κ2) is 1.73. The van der Waals surface area contributed by atoms with Crippen LogP contribution in [0.15, 0.2) is 0 Å². The number of rotatable bonds is 1. The first kappa shape index (κ1) is 6.81. The summed E-state index contributed by atoms with van der Waals surface area (Å²) in [5.41, 5.74) is -2.65. The second-order valence-electron chi connectivity index (χ2n) is 0.886. The first-order valence-corrected chi connectivity index (χ1v) is 2.80. The van der Waals surface area contributed by atoms with Crippen molar-refractivity contribution in [2.45, 2.75) is 5.50 Å². The number of hydrogen-bond donors (Lipinski definition) is 0. The van der Waals surface area contributed by atoms with Gasteiger partial charge in [0.05, 0.1) is 0 Å². The summed E-state index contributed by atoms with van der Waals surface area (Å²) in [6.45, 7) is 2.28. The first-order chi connectivity index (χ1) is 2.94. The lowest BCUT2D eigenvalue weighted by Crippen LogP contribution is -2.04. The second-order valence-corrected chi connectivity index (χ2v) is 2.35. The molecule has 2 nitrogen and oxygen atoms in total. The van der Waals surface area contributed by atoms with Crippen LogP contribution in [0.5, 0.6) is 0 Å². The summed E-state index contributed by atoms with van der Waals surface area (Å²) in [6.07, 6.45) is 0. The van der Waals surface area contributed by atoms with Crippen molar-refractivity contribution in [2.24, 2.45) is 0 Å². The van der Waals surface area contributed by atoms with Gasteiger partial charge in [-0.1, -0.05) is 0 Å². The Kier molecular flexibility index (Phi) is 1.68. The smallest absolute Gasteiger partial charge is 0.227 e. The van der Waals surface area contributed by atoms with E-state index >= 15 is 0 Å². The van der Waals surface area contributed by atoms with E-state index in [1.165, 1.54) is 0 Å². The monoisotopic (exact) mass is 129 g/mol. The van der Waals surface area contributed by atoms with E-state index in [4.69, 9.17) is 0 Å². The molecule has 0 heterocycles. The number of hydrogen-bond acceptors (Lipinski definition) is 2. The van der Waals surface area contributed by atoms with Crippen molar-refractivity contribution < 1.29 is 16.7 Å². The van der Waals surface area contributed by atoms with Crippen molar-refractivity contribution in [3.8, 4) is 0 Å². The van der Waals surface area contributed by atoms with Crippen LogP contribution >= 0.6 is 0 Å². The molecule has 0 aliphatic carbocycles. The first-order valence-electron chi connectivity index (χ1n) is 1.35. The maximum Gasteiger partial charge on any atom is 0.334 e. The molecule has 0 spiro atoms. The molecule has 0 bridgehead atoms. The minimum absolute atomic E-state index is 2.28. The number of alkyl halides is 1. The van der Waals surface area contributed by atoms with Gasteiger partial charge in [-0.15, -0.1) is 3.89 Å². The van der Waals surface area contributed by atoms with E-state index in [0.717, 1.165) is 0 Å². The van der Waals surface area contributed by atoms with Crippen molar-refractivity contribution >= 4 is 10.2 Å². The standard InChI is InChI=1S/C2H3F2O2S/c1-2(3)7(4,5)6/h2H,1H2. The molecular weight excluding hydrogens is 126 g/mol. The van der Waals surface area contributed by atoms with Gasteiger partial charge in [0.25, 0.3) is 0 Å². The summed E-state index contributed by atoms with van der Waals surface area (Å²) < 4.78 is 40.6. The molecule has 0 rings (SSSR count). The molecule has 1 radical (unpaired) electrons. The quantitative estimate of drug-likeness (QED) is 0.480. The van der Waals surface area contributed by atoms with Crippen molar-refractivity contribution in [3.05, 3.63) is 6.92 Å². The Hall–Kier alpha value is -0.190. The largest absolute Gasteiger partial charge is 0.334 e. The van der Waals surface area contributed by atoms with Crippen LogP contribution in [0, 0.1) is 6.92 Å². The van der Waals surface area contributed by atoms with E-state index in [2.05, 4.69) is 6.92 Å². The molecule has 0 amide bonds. The lowest BCUT2D eigenvalue weighted by Gasteiger charge is -1.87. The Morgan fingerprint density at radius 3 is 1.71 bits per heavy atom. The van der Waals surface area contributed by atoms with E-state index in [0.29, 0.717) is 0 Å². The zero-order valence-electron chi connectivity index (χ0n) is 3.27. The van der Waals surface area contributed by atoms with Crippen LogP contribution in [0.4, 0.5) is 8.28 Å². The molecule has 0 N–H and O–H groups in total. The zero-order valence-corrected chi connectivity index (χ0v) is 4.08. The molecule has 5 heteroatoms. The van der Waals surface area contributed by atoms with Gasteiger partial charge in [-0.2, -0.15) is 8.42 Å². The van der Waals surface area contributed by atoms with Gasteiger partial charge in [-0.25, -0.2) is 4.39 Å². The van der Waals surface area contributed by atoms with E-state index in [1.807, 2.05) is 0 Å². The Morgan fingerprint density at radius 2 is 1.71 bits per heavy atom. The van der Waals surface area contributed by atoms with E-state index in [9.17, 15) is 16.7 Å². The predicted molar refractivity (Wildman–Crippen MR) is 20.3 cm³/mol. The topological polar surface area (TPSA) is 34.1 Å². The van der Waals surface area contributed by atoms with Gasteiger partial charge in [0.1, 0.15) is 0 Å². The predicted octanol–water partition coefficient (Wildman–Crippen LogP) is 0.415. The minimum atomic E-state index is -5.02. The highest BCUT2D eigenvalue weighted by Gasteiger charge is 2.16. The maximum absolute atomic E-state index is 11.1. The third-order valence-corrected chi connectivity index (χ3v) is 0.916. The molecule has 1 atom stereocenters. The van der Waals surface area contributed by atoms with Crippen LogP contribution in [0.2, 0.25) is 0 Å². The molecule has 1 unspecified atom stereocenters. The summed E-state index contributed by atoms with van der Waals surface area (Å²) in [4.78, 5) is 0. The van der Waals surface area contributed by atoms with Crippen LogP contribution in [-0.4, -0.2) is 13.9 Å². The van der Waals surface area contributed by atoms with Crippen LogP contribution in [0.25, 0.3) is 0 Å². The molecule has 0 aliphatic rings. The summed E-state index contributed by atoms with van der Waals surface area (Å²) >= 11 is 0. The molecule has 0 fully saturated rings. The highest BCUT2D eigenvalue weighted by molar-refractivity contribution is 7.86. The molecule has 43 valence electrons. The number of halogens is 2. The fourth-order valence-electron chi connectivity index (χ4n) is 0. The molecule has 0 aromatic heterocycles. The maximum atomic E-state index is 11.1. The Balaban J connectivity index is 4.10.